The first-order valence-electron chi connectivity index (χ1n) is 13.2. The summed E-state index contributed by atoms with van der Waals surface area (Å²) in [4.78, 5) is 15.2. The zero-order valence-corrected chi connectivity index (χ0v) is 21.0. The van der Waals surface area contributed by atoms with Crippen LogP contribution in [-0.4, -0.2) is 40.4 Å². The number of halogens is 3. The lowest BCUT2D eigenvalue weighted by Crippen LogP contribution is -2.60. The molecule has 0 saturated carbocycles. The van der Waals surface area contributed by atoms with Crippen LogP contribution in [-0.2, 0) is 17.3 Å². The van der Waals surface area contributed by atoms with Crippen molar-refractivity contribution in [3.8, 4) is 11.1 Å². The highest BCUT2D eigenvalue weighted by atomic mass is 19.4. The molecule has 3 aliphatic rings. The van der Waals surface area contributed by atoms with Crippen molar-refractivity contribution in [1.82, 2.24) is 4.90 Å². The van der Waals surface area contributed by atoms with E-state index in [1.807, 2.05) is 24.3 Å². The summed E-state index contributed by atoms with van der Waals surface area (Å²) in [5.41, 5.74) is 3.20. The number of aliphatic hydroxyl groups is 1. The summed E-state index contributed by atoms with van der Waals surface area (Å²) < 4.78 is 45.5. The number of piperidine rings is 2. The Balaban J connectivity index is 1.16. The van der Waals surface area contributed by atoms with Gasteiger partial charge in [0.1, 0.15) is 6.61 Å². The lowest BCUT2D eigenvalue weighted by molar-refractivity contribution is -0.137. The molecular formula is C31H30F3NO3. The second kappa shape index (κ2) is 9.45. The fourth-order valence-corrected chi connectivity index (χ4v) is 6.88. The van der Waals surface area contributed by atoms with Crippen molar-refractivity contribution >= 4 is 6.09 Å². The number of benzene rings is 3. The highest BCUT2D eigenvalue weighted by Crippen LogP contribution is 2.45. The number of rotatable bonds is 4. The van der Waals surface area contributed by atoms with Crippen LogP contribution in [0.1, 0.15) is 60.3 Å². The molecule has 3 aromatic rings. The van der Waals surface area contributed by atoms with Crippen molar-refractivity contribution in [3.63, 3.8) is 0 Å². The second-order valence-corrected chi connectivity index (χ2v) is 11.0. The van der Waals surface area contributed by atoms with Crippen LogP contribution >= 0.6 is 0 Å². The maximum Gasteiger partial charge on any atom is 0.416 e. The molecule has 2 atom stereocenters. The summed E-state index contributed by atoms with van der Waals surface area (Å²) in [6.07, 6.45) is -1.60. The lowest BCUT2D eigenvalue weighted by atomic mass is 9.73. The lowest BCUT2D eigenvalue weighted by Gasteiger charge is -2.51. The van der Waals surface area contributed by atoms with Crippen LogP contribution in [0.5, 0.6) is 0 Å². The number of nitrogens with zero attached hydrogens (tertiary/aromatic N) is 1. The van der Waals surface area contributed by atoms with Gasteiger partial charge in [-0.25, -0.2) is 4.79 Å². The summed E-state index contributed by atoms with van der Waals surface area (Å²) in [5.74, 6) is -0.0335. The molecule has 6 rings (SSSR count). The highest BCUT2D eigenvalue weighted by Gasteiger charge is 2.48. The van der Waals surface area contributed by atoms with Crippen LogP contribution in [0, 0.1) is 0 Å². The first kappa shape index (κ1) is 25.0. The molecule has 3 aromatic carbocycles. The molecule has 4 nitrogen and oxygen atoms in total. The Morgan fingerprint density at radius 3 is 2.13 bits per heavy atom. The van der Waals surface area contributed by atoms with E-state index < -0.39 is 17.3 Å². The summed E-state index contributed by atoms with van der Waals surface area (Å²) in [7, 11) is 0. The SMILES string of the molecule is O=C(OCC1c2ccccc2-c2ccccc21)N1C2CCCC1CC(O)(Cc1cccc(C(F)(F)F)c1)C2. The van der Waals surface area contributed by atoms with Gasteiger partial charge in [-0.3, -0.25) is 0 Å². The average Bonchev–Trinajstić information content (AvgIpc) is 3.20. The topological polar surface area (TPSA) is 49.8 Å². The molecule has 2 saturated heterocycles. The number of ether oxygens (including phenoxy) is 1. The standard InChI is InChI=1S/C31H30F3NO3/c32-31(33,34)21-8-5-7-20(15-21)16-30(37)17-22-9-6-10-23(18-30)35(22)29(36)38-19-28-26-13-3-1-11-24(26)25-12-2-4-14-27(25)28/h1-5,7-8,11-15,22-23,28,37H,6,9-10,16-19H2. The van der Waals surface area contributed by atoms with Crippen LogP contribution in [0.3, 0.4) is 0 Å². The first-order valence-corrected chi connectivity index (χ1v) is 13.2. The monoisotopic (exact) mass is 521 g/mol. The fourth-order valence-electron chi connectivity index (χ4n) is 6.88. The van der Waals surface area contributed by atoms with E-state index in [4.69, 9.17) is 4.74 Å². The molecule has 2 unspecified atom stereocenters. The van der Waals surface area contributed by atoms with Crippen LogP contribution in [0.2, 0.25) is 0 Å². The van der Waals surface area contributed by atoms with E-state index in [0.717, 1.165) is 42.5 Å². The highest BCUT2D eigenvalue weighted by molar-refractivity contribution is 5.79. The molecular weight excluding hydrogens is 491 g/mol. The van der Waals surface area contributed by atoms with Crippen LogP contribution in [0.4, 0.5) is 18.0 Å². The molecule has 2 bridgehead atoms. The zero-order valence-electron chi connectivity index (χ0n) is 21.0. The Morgan fingerprint density at radius 1 is 0.921 bits per heavy atom. The molecule has 1 N–H and O–H groups in total. The second-order valence-electron chi connectivity index (χ2n) is 11.0. The van der Waals surface area contributed by atoms with Crippen LogP contribution in [0.15, 0.2) is 72.8 Å². The number of alkyl halides is 3. The number of carbonyl (C=O) groups is 1. The summed E-state index contributed by atoms with van der Waals surface area (Å²) in [6.45, 7) is 0.233. The van der Waals surface area contributed by atoms with E-state index in [0.29, 0.717) is 18.4 Å². The summed E-state index contributed by atoms with van der Waals surface area (Å²) >= 11 is 0. The number of fused-ring (bicyclic) bond motifs is 5. The predicted octanol–water partition coefficient (Wildman–Crippen LogP) is 6.95. The average molecular weight is 522 g/mol. The van der Waals surface area contributed by atoms with Crippen LogP contribution in [0.25, 0.3) is 11.1 Å². The molecule has 198 valence electrons. The van der Waals surface area contributed by atoms with Gasteiger partial charge in [-0.2, -0.15) is 13.2 Å². The Bertz CT molecular complexity index is 1290. The van der Waals surface area contributed by atoms with Gasteiger partial charge in [-0.15, -0.1) is 0 Å². The van der Waals surface area contributed by atoms with Gasteiger partial charge in [-0.05, 0) is 66.0 Å². The normalized spacial score (nSPS) is 24.6. The van der Waals surface area contributed by atoms with E-state index in [9.17, 15) is 23.1 Å². The maximum atomic E-state index is 13.4. The summed E-state index contributed by atoms with van der Waals surface area (Å²) in [6, 6.07) is 21.1. The van der Waals surface area contributed by atoms with Crippen LogP contribution < -0.4 is 0 Å². The van der Waals surface area contributed by atoms with Crippen molar-refractivity contribution in [2.75, 3.05) is 6.61 Å². The molecule has 2 fully saturated rings. The van der Waals surface area contributed by atoms with E-state index in [2.05, 4.69) is 24.3 Å². The van der Waals surface area contributed by atoms with E-state index in [-0.39, 0.29) is 37.1 Å². The molecule has 2 heterocycles. The van der Waals surface area contributed by atoms with Gasteiger partial charge in [0.25, 0.3) is 0 Å². The maximum absolute atomic E-state index is 13.4. The largest absolute Gasteiger partial charge is 0.448 e. The molecule has 0 radical (unpaired) electrons. The third-order valence-electron chi connectivity index (χ3n) is 8.43. The Labute approximate surface area is 220 Å². The summed E-state index contributed by atoms with van der Waals surface area (Å²) in [5, 5.41) is 11.5. The van der Waals surface area contributed by atoms with Gasteiger partial charge in [0.2, 0.25) is 0 Å². The number of hydrogen-bond donors (Lipinski definition) is 1. The molecule has 2 aliphatic heterocycles. The van der Waals surface area contributed by atoms with Gasteiger partial charge < -0.3 is 14.7 Å². The molecule has 0 aromatic heterocycles. The van der Waals surface area contributed by atoms with Crippen molar-refractivity contribution in [3.05, 3.63) is 95.1 Å². The van der Waals surface area contributed by atoms with Gasteiger partial charge >= 0.3 is 12.3 Å². The predicted molar refractivity (Wildman–Crippen MR) is 138 cm³/mol. The Kier molecular flexibility index (Phi) is 6.22. The minimum absolute atomic E-state index is 0.0335. The van der Waals surface area contributed by atoms with Gasteiger partial charge in [0.05, 0.1) is 11.2 Å². The quantitative estimate of drug-likeness (QED) is 0.404. The molecule has 38 heavy (non-hydrogen) atoms. The van der Waals surface area contributed by atoms with Crippen molar-refractivity contribution < 1.29 is 27.8 Å². The minimum Gasteiger partial charge on any atom is -0.448 e. The van der Waals surface area contributed by atoms with E-state index >= 15 is 0 Å². The Morgan fingerprint density at radius 2 is 1.53 bits per heavy atom. The fraction of sp³-hybridized carbons (Fsp3) is 0.387. The smallest absolute Gasteiger partial charge is 0.416 e. The minimum atomic E-state index is -4.43. The van der Waals surface area contributed by atoms with Gasteiger partial charge in [-0.1, -0.05) is 66.7 Å². The third-order valence-corrected chi connectivity index (χ3v) is 8.43. The van der Waals surface area contributed by atoms with Crippen molar-refractivity contribution in [2.24, 2.45) is 0 Å². The third kappa shape index (κ3) is 4.57. The van der Waals surface area contributed by atoms with Gasteiger partial charge in [0, 0.05) is 24.4 Å². The van der Waals surface area contributed by atoms with Crippen molar-refractivity contribution in [1.29, 1.82) is 0 Å². The van der Waals surface area contributed by atoms with Crippen molar-refractivity contribution in [2.45, 2.75) is 68.3 Å². The van der Waals surface area contributed by atoms with E-state index in [1.165, 1.54) is 17.2 Å². The molecule has 1 aliphatic carbocycles. The molecule has 7 heteroatoms. The van der Waals surface area contributed by atoms with Gasteiger partial charge in [0.15, 0.2) is 0 Å². The number of amides is 1. The zero-order chi connectivity index (χ0) is 26.5. The first-order chi connectivity index (χ1) is 18.2. The molecule has 1 amide bonds. The Hall–Kier alpha value is -3.32. The number of hydrogen-bond acceptors (Lipinski definition) is 3. The number of carbonyl (C=O) groups excluding carboxylic acids is 1. The van der Waals surface area contributed by atoms with E-state index in [1.54, 1.807) is 11.0 Å². The molecule has 0 spiro atoms.